The monoisotopic (exact) mass is 268 g/mol. The van der Waals surface area contributed by atoms with E-state index in [1.165, 1.54) is 19.3 Å². The first-order valence-corrected chi connectivity index (χ1v) is 7.40. The molecule has 0 amide bonds. The summed E-state index contributed by atoms with van der Waals surface area (Å²) in [6, 6.07) is 0. The summed E-state index contributed by atoms with van der Waals surface area (Å²) in [5, 5.41) is 3.26. The summed E-state index contributed by atoms with van der Waals surface area (Å²) in [6.07, 6.45) is 4.82. The largest absolute Gasteiger partial charge is 0.380 e. The van der Waals surface area contributed by atoms with E-state index < -0.39 is 0 Å². The molecule has 0 aliphatic carbocycles. The first kappa shape index (κ1) is 15.2. The first-order chi connectivity index (χ1) is 8.67. The summed E-state index contributed by atoms with van der Waals surface area (Å²) >= 11 is 5.14. The van der Waals surface area contributed by atoms with Crippen molar-refractivity contribution in [2.75, 3.05) is 29.9 Å². The number of nitrogens with zero attached hydrogens (tertiary/aromatic N) is 1. The van der Waals surface area contributed by atoms with Crippen LogP contribution in [0.1, 0.15) is 46.5 Å². The van der Waals surface area contributed by atoms with Crippen molar-refractivity contribution in [1.82, 2.24) is 0 Å². The normalized spacial score (nSPS) is 10.8. The molecule has 0 aliphatic heterocycles. The number of nitrogens with one attached hydrogen (secondary N) is 1. The van der Waals surface area contributed by atoms with Gasteiger partial charge in [-0.05, 0) is 20.3 Å². The predicted octanol–water partition coefficient (Wildman–Crippen LogP) is 3.49. The molecular weight excluding hydrogens is 244 g/mol. The average molecular weight is 268 g/mol. The van der Waals surface area contributed by atoms with Crippen LogP contribution in [0.4, 0.5) is 11.4 Å². The minimum absolute atomic E-state index is 0.0161. The van der Waals surface area contributed by atoms with Gasteiger partial charge in [-0.15, -0.1) is 0 Å². The maximum Gasteiger partial charge on any atom is 0.223 e. The van der Waals surface area contributed by atoms with Gasteiger partial charge in [-0.2, -0.15) is 0 Å². The molecule has 18 heavy (non-hydrogen) atoms. The Bertz CT molecular complexity index is 431. The molecule has 0 bridgehead atoms. The fourth-order valence-electron chi connectivity index (χ4n) is 2.15. The molecule has 3 nitrogen and oxygen atoms in total. The molecule has 0 saturated heterocycles. The molecule has 0 fully saturated rings. The zero-order valence-corrected chi connectivity index (χ0v) is 12.5. The number of anilines is 2. The molecular formula is C14H24N2OS. The summed E-state index contributed by atoms with van der Waals surface area (Å²) in [4.78, 5) is 13.9. The summed E-state index contributed by atoms with van der Waals surface area (Å²) in [5.41, 5.74) is 1.71. The Kier molecular flexibility index (Phi) is 6.33. The third kappa shape index (κ3) is 3.31. The third-order valence-electron chi connectivity index (χ3n) is 3.30. The van der Waals surface area contributed by atoms with Gasteiger partial charge in [0.15, 0.2) is 0 Å². The minimum Gasteiger partial charge on any atom is -0.380 e. The Balaban J connectivity index is 2.58. The molecule has 0 heterocycles. The molecule has 0 aliphatic rings. The van der Waals surface area contributed by atoms with Crippen molar-refractivity contribution >= 4 is 23.6 Å². The van der Waals surface area contributed by atoms with E-state index in [-0.39, 0.29) is 5.43 Å². The molecule has 0 aromatic heterocycles. The number of unbranched alkanes of at least 4 members (excludes halogenated alkanes) is 3. The topological polar surface area (TPSA) is 32.3 Å². The Morgan fingerprint density at radius 3 is 2.33 bits per heavy atom. The van der Waals surface area contributed by atoms with E-state index in [1.54, 1.807) is 0 Å². The molecule has 0 radical (unpaired) electrons. The van der Waals surface area contributed by atoms with Crippen LogP contribution in [0, 0.1) is 4.51 Å². The quantitative estimate of drug-likeness (QED) is 0.549. The van der Waals surface area contributed by atoms with Crippen molar-refractivity contribution in [3.63, 3.8) is 0 Å². The van der Waals surface area contributed by atoms with Crippen LogP contribution in [0.5, 0.6) is 0 Å². The first-order valence-electron chi connectivity index (χ1n) is 6.99. The lowest BCUT2D eigenvalue weighted by molar-refractivity contribution is 0.684. The summed E-state index contributed by atoms with van der Waals surface area (Å²) in [5.74, 6) is 0. The van der Waals surface area contributed by atoms with Gasteiger partial charge in [0, 0.05) is 19.6 Å². The summed E-state index contributed by atoms with van der Waals surface area (Å²) in [7, 11) is 0. The van der Waals surface area contributed by atoms with Crippen LogP contribution in [0.15, 0.2) is 4.79 Å². The molecule has 1 aromatic rings. The van der Waals surface area contributed by atoms with Crippen LogP contribution < -0.4 is 15.6 Å². The van der Waals surface area contributed by atoms with Crippen molar-refractivity contribution in [3.8, 4) is 0 Å². The van der Waals surface area contributed by atoms with Crippen molar-refractivity contribution in [1.29, 1.82) is 0 Å². The number of hydrogen-bond donors (Lipinski definition) is 1. The lowest BCUT2D eigenvalue weighted by Gasteiger charge is -2.26. The van der Waals surface area contributed by atoms with Crippen LogP contribution in [-0.2, 0) is 0 Å². The van der Waals surface area contributed by atoms with Gasteiger partial charge in [0.05, 0.1) is 5.69 Å². The van der Waals surface area contributed by atoms with Crippen molar-refractivity contribution in [2.24, 2.45) is 0 Å². The van der Waals surface area contributed by atoms with Gasteiger partial charge in [0.2, 0.25) is 5.43 Å². The molecule has 0 unspecified atom stereocenters. The molecule has 1 rings (SSSR count). The average Bonchev–Trinajstić information content (AvgIpc) is 2.40. The predicted molar refractivity (Wildman–Crippen MR) is 82.1 cm³/mol. The Morgan fingerprint density at radius 2 is 1.78 bits per heavy atom. The van der Waals surface area contributed by atoms with Crippen LogP contribution in [0.3, 0.4) is 0 Å². The molecule has 4 heteroatoms. The number of hydrogen-bond acceptors (Lipinski definition) is 4. The van der Waals surface area contributed by atoms with Crippen LogP contribution >= 0.6 is 12.2 Å². The maximum atomic E-state index is 11.7. The van der Waals surface area contributed by atoms with Crippen LogP contribution in [0.2, 0.25) is 0 Å². The fourth-order valence-corrected chi connectivity index (χ4v) is 2.48. The lowest BCUT2D eigenvalue weighted by Crippen LogP contribution is -2.31. The standard InChI is InChI=1S/C14H24N2OS/c1-4-7-8-9-10-15-11-12(14(18)13(11)17)16(5-2)6-3/h15H,4-10H2,1-3H3. The van der Waals surface area contributed by atoms with Crippen molar-refractivity contribution in [3.05, 3.63) is 14.7 Å². The second-order valence-corrected chi connectivity index (χ2v) is 4.95. The van der Waals surface area contributed by atoms with Crippen molar-refractivity contribution in [2.45, 2.75) is 46.5 Å². The Morgan fingerprint density at radius 1 is 1.11 bits per heavy atom. The van der Waals surface area contributed by atoms with Gasteiger partial charge >= 0.3 is 0 Å². The zero-order chi connectivity index (χ0) is 13.5. The molecule has 0 saturated carbocycles. The molecule has 1 aromatic carbocycles. The van der Waals surface area contributed by atoms with Crippen LogP contribution in [0.25, 0.3) is 0 Å². The van der Waals surface area contributed by atoms with Gasteiger partial charge < -0.3 is 10.2 Å². The van der Waals surface area contributed by atoms with Gasteiger partial charge in [0.1, 0.15) is 10.2 Å². The van der Waals surface area contributed by atoms with E-state index in [9.17, 15) is 4.79 Å². The molecule has 1 N–H and O–H groups in total. The molecule has 0 atom stereocenters. The van der Waals surface area contributed by atoms with E-state index in [0.29, 0.717) is 4.51 Å². The van der Waals surface area contributed by atoms with E-state index in [0.717, 1.165) is 37.4 Å². The molecule has 102 valence electrons. The summed E-state index contributed by atoms with van der Waals surface area (Å²) < 4.78 is 0.495. The lowest BCUT2D eigenvalue weighted by atomic mass is 10.1. The van der Waals surface area contributed by atoms with E-state index in [4.69, 9.17) is 12.2 Å². The Labute approximate surface area is 115 Å². The second-order valence-electron chi connectivity index (χ2n) is 4.54. The van der Waals surface area contributed by atoms with E-state index in [1.807, 2.05) is 0 Å². The number of rotatable bonds is 9. The van der Waals surface area contributed by atoms with Gasteiger partial charge in [-0.3, -0.25) is 4.79 Å². The van der Waals surface area contributed by atoms with Gasteiger partial charge in [0.25, 0.3) is 0 Å². The highest BCUT2D eigenvalue weighted by Gasteiger charge is 2.20. The minimum atomic E-state index is 0.0161. The van der Waals surface area contributed by atoms with Crippen LogP contribution in [-0.4, -0.2) is 19.6 Å². The SMILES string of the molecule is CCCCCCNc1c(N(CC)CC)c(=S)c1=O. The zero-order valence-electron chi connectivity index (χ0n) is 11.7. The smallest absolute Gasteiger partial charge is 0.223 e. The highest BCUT2D eigenvalue weighted by molar-refractivity contribution is 7.71. The molecule has 0 spiro atoms. The highest BCUT2D eigenvalue weighted by Crippen LogP contribution is 2.27. The van der Waals surface area contributed by atoms with Crippen molar-refractivity contribution < 1.29 is 0 Å². The van der Waals surface area contributed by atoms with E-state index in [2.05, 4.69) is 31.0 Å². The highest BCUT2D eigenvalue weighted by atomic mass is 32.1. The van der Waals surface area contributed by atoms with Gasteiger partial charge in [-0.1, -0.05) is 38.4 Å². The van der Waals surface area contributed by atoms with Gasteiger partial charge in [-0.25, -0.2) is 0 Å². The van der Waals surface area contributed by atoms with E-state index >= 15 is 0 Å². The third-order valence-corrected chi connectivity index (χ3v) is 3.68. The fraction of sp³-hybridized carbons (Fsp3) is 0.714. The second kappa shape index (κ2) is 7.52. The Hall–Kier alpha value is -0.900. The maximum absolute atomic E-state index is 11.7. The summed E-state index contributed by atoms with van der Waals surface area (Å²) in [6.45, 7) is 9.01.